The minimum atomic E-state index is -0.318. The zero-order valence-corrected chi connectivity index (χ0v) is 20.4. The molecule has 2 heterocycles. The van der Waals surface area contributed by atoms with Crippen LogP contribution in [0, 0.1) is 0 Å². The van der Waals surface area contributed by atoms with Gasteiger partial charge in [-0.3, -0.25) is 0 Å². The molecule has 0 N–H and O–H groups in total. The number of ether oxygens (including phenoxy) is 2. The number of carbonyl (C=O) groups is 2. The van der Waals surface area contributed by atoms with E-state index in [1.807, 2.05) is 47.0 Å². The summed E-state index contributed by atoms with van der Waals surface area (Å²) in [4.78, 5) is 23.3. The van der Waals surface area contributed by atoms with Crippen molar-refractivity contribution in [3.05, 3.63) is 59.7 Å². The highest BCUT2D eigenvalue weighted by Gasteiger charge is 2.34. The Bertz CT molecular complexity index is 758. The van der Waals surface area contributed by atoms with E-state index in [1.54, 1.807) is 13.8 Å². The molecule has 1 aromatic carbocycles. The number of benzene rings is 1. The van der Waals surface area contributed by atoms with Crippen LogP contribution in [0.15, 0.2) is 48.6 Å². The Hall–Kier alpha value is -0.960. The molecule has 4 atom stereocenters. The summed E-state index contributed by atoms with van der Waals surface area (Å²) in [5.74, 6) is 1.28. The Kier molecular flexibility index (Phi) is 8.74. The molecule has 0 aliphatic carbocycles. The van der Waals surface area contributed by atoms with Crippen LogP contribution >= 0.6 is 47.0 Å². The molecule has 0 spiro atoms. The predicted molar refractivity (Wildman–Crippen MR) is 131 cm³/mol. The first-order chi connectivity index (χ1) is 14.3. The smallest absolute Gasteiger partial charge is 0.333 e. The summed E-state index contributed by atoms with van der Waals surface area (Å²) in [6.07, 6.45) is 0. The van der Waals surface area contributed by atoms with Crippen LogP contribution in [0.3, 0.4) is 0 Å². The van der Waals surface area contributed by atoms with E-state index in [2.05, 4.69) is 37.4 Å². The fourth-order valence-corrected chi connectivity index (χ4v) is 9.54. The standard InChI is InChI=1S/C22H26O4S4/c1-13(2)19(23)25-9-15-11-27-21(29-15)17-7-5-6-8-18(17)22-28-12-16(30-22)10-26-20(24)14(3)4/h5-8,15-16,21-22H,1,3,9-12H2,2,4H3. The summed E-state index contributed by atoms with van der Waals surface area (Å²) >= 11 is 7.55. The topological polar surface area (TPSA) is 52.6 Å². The van der Waals surface area contributed by atoms with Gasteiger partial charge in [0.2, 0.25) is 0 Å². The molecular weight excluding hydrogens is 457 g/mol. The van der Waals surface area contributed by atoms with Gasteiger partial charge in [0.15, 0.2) is 0 Å². The molecule has 0 radical (unpaired) electrons. The molecule has 4 nitrogen and oxygen atoms in total. The minimum Gasteiger partial charge on any atom is -0.461 e. The Labute approximate surface area is 195 Å². The highest BCUT2D eigenvalue weighted by Crippen LogP contribution is 2.56. The number of esters is 2. The molecule has 2 saturated heterocycles. The second-order valence-corrected chi connectivity index (χ2v) is 12.9. The molecule has 1 aromatic rings. The largest absolute Gasteiger partial charge is 0.461 e. The fraction of sp³-hybridized carbons (Fsp3) is 0.455. The molecule has 2 aliphatic heterocycles. The SMILES string of the molecule is C=C(C)C(=O)OCC1CSC(c2ccccc2C2SCC(COC(=O)C(=C)C)S2)S1. The second-order valence-electron chi connectivity index (χ2n) is 7.23. The van der Waals surface area contributed by atoms with Crippen molar-refractivity contribution < 1.29 is 19.1 Å². The maximum Gasteiger partial charge on any atom is 0.333 e. The number of carbonyl (C=O) groups excluding carboxylic acids is 2. The maximum atomic E-state index is 11.7. The zero-order chi connectivity index (χ0) is 21.7. The first-order valence-electron chi connectivity index (χ1n) is 9.63. The zero-order valence-electron chi connectivity index (χ0n) is 17.1. The van der Waals surface area contributed by atoms with Gasteiger partial charge in [-0.1, -0.05) is 37.4 Å². The van der Waals surface area contributed by atoms with E-state index in [0.29, 0.717) is 33.5 Å². The van der Waals surface area contributed by atoms with Crippen LogP contribution in [-0.2, 0) is 19.1 Å². The van der Waals surface area contributed by atoms with Crippen LogP contribution in [0.2, 0.25) is 0 Å². The van der Waals surface area contributed by atoms with Gasteiger partial charge in [-0.25, -0.2) is 9.59 Å². The normalized spacial score (nSPS) is 25.7. The van der Waals surface area contributed by atoms with Crippen molar-refractivity contribution >= 4 is 59.0 Å². The number of rotatable bonds is 8. The monoisotopic (exact) mass is 482 g/mol. The lowest BCUT2D eigenvalue weighted by Crippen LogP contribution is -2.16. The second kappa shape index (κ2) is 11.1. The van der Waals surface area contributed by atoms with E-state index in [1.165, 1.54) is 11.1 Å². The molecule has 2 aliphatic rings. The Morgan fingerprint density at radius 2 is 1.27 bits per heavy atom. The number of thioether (sulfide) groups is 4. The van der Waals surface area contributed by atoms with E-state index in [0.717, 1.165) is 11.5 Å². The molecule has 2 fully saturated rings. The molecule has 0 aromatic heterocycles. The van der Waals surface area contributed by atoms with Crippen LogP contribution in [0.25, 0.3) is 0 Å². The Morgan fingerprint density at radius 3 is 1.63 bits per heavy atom. The Balaban J connectivity index is 1.58. The third-order valence-corrected chi connectivity index (χ3v) is 11.1. The van der Waals surface area contributed by atoms with Gasteiger partial charge >= 0.3 is 11.9 Å². The van der Waals surface area contributed by atoms with Gasteiger partial charge in [0.25, 0.3) is 0 Å². The first-order valence-corrected chi connectivity index (χ1v) is 13.6. The lowest BCUT2D eigenvalue weighted by Gasteiger charge is -2.19. The van der Waals surface area contributed by atoms with Gasteiger partial charge in [-0.15, -0.1) is 47.0 Å². The van der Waals surface area contributed by atoms with Gasteiger partial charge < -0.3 is 9.47 Å². The molecular formula is C22H26O4S4. The molecule has 0 amide bonds. The highest BCUT2D eigenvalue weighted by molar-refractivity contribution is 8.20. The first kappa shape index (κ1) is 23.7. The average molecular weight is 483 g/mol. The molecule has 4 unspecified atom stereocenters. The van der Waals surface area contributed by atoms with Crippen molar-refractivity contribution in [1.82, 2.24) is 0 Å². The Morgan fingerprint density at radius 1 is 0.867 bits per heavy atom. The molecule has 8 heteroatoms. The van der Waals surface area contributed by atoms with Crippen LogP contribution in [0.4, 0.5) is 0 Å². The van der Waals surface area contributed by atoms with Crippen LogP contribution < -0.4 is 0 Å². The van der Waals surface area contributed by atoms with Gasteiger partial charge in [0.05, 0.1) is 9.16 Å². The van der Waals surface area contributed by atoms with E-state index >= 15 is 0 Å². The molecule has 30 heavy (non-hydrogen) atoms. The quantitative estimate of drug-likeness (QED) is 0.350. The van der Waals surface area contributed by atoms with Crippen molar-refractivity contribution in [1.29, 1.82) is 0 Å². The lowest BCUT2D eigenvalue weighted by atomic mass is 10.1. The van der Waals surface area contributed by atoms with E-state index < -0.39 is 0 Å². The summed E-state index contributed by atoms with van der Waals surface area (Å²) < 4.78 is 11.4. The van der Waals surface area contributed by atoms with E-state index in [4.69, 9.17) is 9.47 Å². The summed E-state index contributed by atoms with van der Waals surface area (Å²) in [5.41, 5.74) is 3.55. The lowest BCUT2D eigenvalue weighted by molar-refractivity contribution is -0.139. The molecule has 162 valence electrons. The van der Waals surface area contributed by atoms with E-state index in [-0.39, 0.29) is 22.4 Å². The predicted octanol–water partition coefficient (Wildman–Crippen LogP) is 5.62. The summed E-state index contributed by atoms with van der Waals surface area (Å²) in [5, 5.41) is 0.573. The highest BCUT2D eigenvalue weighted by atomic mass is 32.2. The molecule has 0 bridgehead atoms. The maximum absolute atomic E-state index is 11.7. The average Bonchev–Trinajstić information content (AvgIpc) is 3.39. The van der Waals surface area contributed by atoms with Gasteiger partial charge in [0.1, 0.15) is 13.2 Å². The minimum absolute atomic E-state index is 0.287. The van der Waals surface area contributed by atoms with Crippen molar-refractivity contribution in [3.63, 3.8) is 0 Å². The number of hydrogen-bond donors (Lipinski definition) is 0. The molecule has 3 rings (SSSR count). The summed E-state index contributed by atoms with van der Waals surface area (Å²) in [7, 11) is 0. The number of hydrogen-bond acceptors (Lipinski definition) is 8. The fourth-order valence-electron chi connectivity index (χ4n) is 2.92. The molecule has 0 saturated carbocycles. The van der Waals surface area contributed by atoms with Gasteiger partial charge in [-0.05, 0) is 25.0 Å². The van der Waals surface area contributed by atoms with Crippen molar-refractivity contribution in [2.24, 2.45) is 0 Å². The van der Waals surface area contributed by atoms with Gasteiger partial charge in [0, 0.05) is 33.2 Å². The van der Waals surface area contributed by atoms with Crippen LogP contribution in [-0.4, -0.2) is 47.2 Å². The third-order valence-electron chi connectivity index (χ3n) is 4.50. The van der Waals surface area contributed by atoms with Crippen LogP contribution in [0.5, 0.6) is 0 Å². The van der Waals surface area contributed by atoms with Gasteiger partial charge in [-0.2, -0.15) is 0 Å². The van der Waals surface area contributed by atoms with Crippen molar-refractivity contribution in [2.75, 3.05) is 24.7 Å². The van der Waals surface area contributed by atoms with Crippen molar-refractivity contribution in [3.8, 4) is 0 Å². The summed E-state index contributed by atoms with van der Waals surface area (Å²) in [6, 6.07) is 8.59. The van der Waals surface area contributed by atoms with Crippen molar-refractivity contribution in [2.45, 2.75) is 33.5 Å². The summed E-state index contributed by atoms with van der Waals surface area (Å²) in [6.45, 7) is 11.4. The van der Waals surface area contributed by atoms with E-state index in [9.17, 15) is 9.59 Å². The third kappa shape index (κ3) is 6.28. The van der Waals surface area contributed by atoms with Crippen LogP contribution in [0.1, 0.15) is 34.1 Å².